The molecule has 24 heavy (non-hydrogen) atoms. The first-order valence-electron chi connectivity index (χ1n) is 8.15. The summed E-state index contributed by atoms with van der Waals surface area (Å²) < 4.78 is 5.28. The van der Waals surface area contributed by atoms with Gasteiger partial charge in [-0.25, -0.2) is 0 Å². The van der Waals surface area contributed by atoms with E-state index >= 15 is 0 Å². The third-order valence-corrected chi connectivity index (χ3v) is 4.52. The molecule has 0 bridgehead atoms. The molecule has 1 aliphatic rings. The molecule has 6 heteroatoms. The van der Waals surface area contributed by atoms with Crippen LogP contribution in [0, 0.1) is 12.8 Å². The topological polar surface area (TPSA) is 89.4 Å². The van der Waals surface area contributed by atoms with Gasteiger partial charge in [-0.2, -0.15) is 0 Å². The Hall–Kier alpha value is -2.63. The third kappa shape index (κ3) is 3.32. The summed E-state index contributed by atoms with van der Waals surface area (Å²) >= 11 is 0. The highest BCUT2D eigenvalue weighted by Gasteiger charge is 2.29. The van der Waals surface area contributed by atoms with Crippen LogP contribution in [-0.4, -0.2) is 35.0 Å². The van der Waals surface area contributed by atoms with Gasteiger partial charge in [-0.05, 0) is 25.7 Å². The lowest BCUT2D eigenvalue weighted by Crippen LogP contribution is -2.39. The fourth-order valence-electron chi connectivity index (χ4n) is 3.20. The van der Waals surface area contributed by atoms with E-state index in [9.17, 15) is 9.59 Å². The minimum absolute atomic E-state index is 0.0647. The molecule has 1 aromatic heterocycles. The molecular weight excluding hydrogens is 306 g/mol. The molecule has 2 N–H and O–H groups in total. The van der Waals surface area contributed by atoms with E-state index in [0.29, 0.717) is 36.5 Å². The van der Waals surface area contributed by atoms with Crippen LogP contribution in [0.5, 0.6) is 0 Å². The number of carbonyl (C=O) groups is 2. The summed E-state index contributed by atoms with van der Waals surface area (Å²) in [7, 11) is 0. The lowest BCUT2D eigenvalue weighted by Gasteiger charge is -2.31. The van der Waals surface area contributed by atoms with Gasteiger partial charge in [-0.3, -0.25) is 9.59 Å². The van der Waals surface area contributed by atoms with Gasteiger partial charge in [0, 0.05) is 25.1 Å². The number of carbonyl (C=O) groups excluding carboxylic acids is 2. The van der Waals surface area contributed by atoms with Gasteiger partial charge >= 0.3 is 0 Å². The Kier molecular flexibility index (Phi) is 4.64. The number of hydrogen-bond acceptors (Lipinski definition) is 4. The van der Waals surface area contributed by atoms with Crippen LogP contribution >= 0.6 is 0 Å². The molecular formula is C18H21N3O3. The molecule has 6 nitrogen and oxygen atoms in total. The van der Waals surface area contributed by atoms with Crippen molar-refractivity contribution >= 4 is 11.8 Å². The zero-order valence-corrected chi connectivity index (χ0v) is 13.7. The summed E-state index contributed by atoms with van der Waals surface area (Å²) in [6.45, 7) is 3.00. The smallest absolute Gasteiger partial charge is 0.259 e. The average Bonchev–Trinajstić information content (AvgIpc) is 2.97. The van der Waals surface area contributed by atoms with E-state index in [1.807, 2.05) is 35.2 Å². The molecule has 1 saturated heterocycles. The Labute approximate surface area is 140 Å². The lowest BCUT2D eigenvalue weighted by atomic mass is 9.92. The van der Waals surface area contributed by atoms with Gasteiger partial charge < -0.3 is 15.2 Å². The van der Waals surface area contributed by atoms with Crippen molar-refractivity contribution in [1.82, 2.24) is 10.1 Å². The highest BCUT2D eigenvalue weighted by molar-refractivity contribution is 6.00. The predicted molar refractivity (Wildman–Crippen MR) is 89.1 cm³/mol. The average molecular weight is 327 g/mol. The SMILES string of the molecule is Cc1onc(-c2ccccc2)c1C(=O)N1CCC(CC(N)=O)CC1. The summed E-state index contributed by atoms with van der Waals surface area (Å²) in [5.74, 6) is 0.452. The van der Waals surface area contributed by atoms with Crippen molar-refractivity contribution in [3.05, 3.63) is 41.7 Å². The largest absolute Gasteiger partial charge is 0.370 e. The van der Waals surface area contributed by atoms with E-state index in [-0.39, 0.29) is 17.7 Å². The highest BCUT2D eigenvalue weighted by atomic mass is 16.5. The molecule has 0 saturated carbocycles. The molecule has 0 unspecified atom stereocenters. The first-order valence-corrected chi connectivity index (χ1v) is 8.15. The summed E-state index contributed by atoms with van der Waals surface area (Å²) in [4.78, 5) is 25.8. The van der Waals surface area contributed by atoms with Crippen LogP contribution in [-0.2, 0) is 4.79 Å². The number of piperidine rings is 1. The third-order valence-electron chi connectivity index (χ3n) is 4.52. The fraction of sp³-hybridized carbons (Fsp3) is 0.389. The summed E-state index contributed by atoms with van der Waals surface area (Å²) in [6.07, 6.45) is 1.98. The van der Waals surface area contributed by atoms with E-state index in [4.69, 9.17) is 10.3 Å². The highest BCUT2D eigenvalue weighted by Crippen LogP contribution is 2.28. The van der Waals surface area contributed by atoms with E-state index < -0.39 is 0 Å². The van der Waals surface area contributed by atoms with E-state index in [1.54, 1.807) is 6.92 Å². The lowest BCUT2D eigenvalue weighted by molar-refractivity contribution is -0.119. The molecule has 0 aliphatic carbocycles. The molecule has 3 rings (SSSR count). The van der Waals surface area contributed by atoms with Gasteiger partial charge in [0.15, 0.2) is 0 Å². The Balaban J connectivity index is 1.77. The molecule has 126 valence electrons. The van der Waals surface area contributed by atoms with Gasteiger partial charge in [-0.15, -0.1) is 0 Å². The first-order chi connectivity index (χ1) is 11.6. The molecule has 2 amide bonds. The molecule has 0 spiro atoms. The van der Waals surface area contributed by atoms with Crippen molar-refractivity contribution < 1.29 is 14.1 Å². The number of aromatic nitrogens is 1. The van der Waals surface area contributed by atoms with Crippen LogP contribution in [0.2, 0.25) is 0 Å². The maximum atomic E-state index is 12.9. The Morgan fingerprint density at radius 2 is 1.92 bits per heavy atom. The van der Waals surface area contributed by atoms with Crippen molar-refractivity contribution in [1.29, 1.82) is 0 Å². The second-order valence-corrected chi connectivity index (χ2v) is 6.23. The van der Waals surface area contributed by atoms with Crippen LogP contribution in [0.1, 0.15) is 35.4 Å². The van der Waals surface area contributed by atoms with E-state index in [1.165, 1.54) is 0 Å². The van der Waals surface area contributed by atoms with Crippen LogP contribution < -0.4 is 5.73 Å². The van der Waals surface area contributed by atoms with Gasteiger partial charge in [0.2, 0.25) is 5.91 Å². The van der Waals surface area contributed by atoms with Crippen LogP contribution in [0.3, 0.4) is 0 Å². The standard InChI is InChI=1S/C18H21N3O3/c1-12-16(17(20-24-12)14-5-3-2-4-6-14)18(23)21-9-7-13(8-10-21)11-15(19)22/h2-6,13H,7-11H2,1H3,(H2,19,22). The number of primary amides is 1. The zero-order valence-electron chi connectivity index (χ0n) is 13.7. The summed E-state index contributed by atoms with van der Waals surface area (Å²) in [6, 6.07) is 9.55. The number of aryl methyl sites for hydroxylation is 1. The van der Waals surface area contributed by atoms with Crippen molar-refractivity contribution in [2.45, 2.75) is 26.2 Å². The molecule has 1 aliphatic heterocycles. The van der Waals surface area contributed by atoms with Crippen molar-refractivity contribution in [2.75, 3.05) is 13.1 Å². The monoisotopic (exact) mass is 327 g/mol. The van der Waals surface area contributed by atoms with E-state index in [2.05, 4.69) is 5.16 Å². The Bertz CT molecular complexity index is 731. The van der Waals surface area contributed by atoms with Gasteiger partial charge in [0.1, 0.15) is 17.0 Å². The number of rotatable bonds is 4. The maximum absolute atomic E-state index is 12.9. The molecule has 0 atom stereocenters. The molecule has 2 aromatic rings. The zero-order chi connectivity index (χ0) is 17.1. The Morgan fingerprint density at radius 1 is 1.25 bits per heavy atom. The fourth-order valence-corrected chi connectivity index (χ4v) is 3.20. The van der Waals surface area contributed by atoms with Crippen LogP contribution in [0.15, 0.2) is 34.9 Å². The second-order valence-electron chi connectivity index (χ2n) is 6.23. The van der Waals surface area contributed by atoms with Crippen molar-refractivity contribution in [3.8, 4) is 11.3 Å². The number of benzene rings is 1. The van der Waals surface area contributed by atoms with Gasteiger partial charge in [0.25, 0.3) is 5.91 Å². The number of hydrogen-bond donors (Lipinski definition) is 1. The minimum Gasteiger partial charge on any atom is -0.370 e. The molecule has 0 radical (unpaired) electrons. The maximum Gasteiger partial charge on any atom is 0.259 e. The minimum atomic E-state index is -0.277. The first kappa shape index (κ1) is 16.2. The van der Waals surface area contributed by atoms with Crippen molar-refractivity contribution in [3.63, 3.8) is 0 Å². The predicted octanol–water partition coefficient (Wildman–Crippen LogP) is 2.38. The van der Waals surface area contributed by atoms with E-state index in [0.717, 1.165) is 18.4 Å². The van der Waals surface area contributed by atoms with Crippen LogP contribution in [0.25, 0.3) is 11.3 Å². The second kappa shape index (κ2) is 6.86. The normalized spacial score (nSPS) is 15.5. The quantitative estimate of drug-likeness (QED) is 0.933. The van der Waals surface area contributed by atoms with Gasteiger partial charge in [0.05, 0.1) is 0 Å². The molecule has 1 fully saturated rings. The van der Waals surface area contributed by atoms with Crippen LogP contribution in [0.4, 0.5) is 0 Å². The van der Waals surface area contributed by atoms with Crippen molar-refractivity contribution in [2.24, 2.45) is 11.7 Å². The molecule has 2 heterocycles. The molecule has 1 aromatic carbocycles. The Morgan fingerprint density at radius 3 is 2.54 bits per heavy atom. The number of likely N-dealkylation sites (tertiary alicyclic amines) is 1. The van der Waals surface area contributed by atoms with Gasteiger partial charge in [-0.1, -0.05) is 35.5 Å². The number of nitrogens with two attached hydrogens (primary N) is 1. The summed E-state index contributed by atoms with van der Waals surface area (Å²) in [5, 5.41) is 4.07. The number of amides is 2. The summed E-state index contributed by atoms with van der Waals surface area (Å²) in [5.41, 5.74) is 7.22. The number of nitrogens with zero attached hydrogens (tertiary/aromatic N) is 2.